The van der Waals surface area contributed by atoms with Crippen LogP contribution in [0.15, 0.2) is 30.3 Å². The lowest BCUT2D eigenvalue weighted by Crippen LogP contribution is -2.35. The van der Waals surface area contributed by atoms with E-state index in [1.165, 1.54) is 5.56 Å². The van der Waals surface area contributed by atoms with E-state index in [4.69, 9.17) is 0 Å². The number of rotatable bonds is 5. The van der Waals surface area contributed by atoms with Crippen molar-refractivity contribution in [3.05, 3.63) is 35.9 Å². The largest absolute Gasteiger partial charge is 0.396 e. The highest BCUT2D eigenvalue weighted by Gasteiger charge is 2.70. The van der Waals surface area contributed by atoms with Gasteiger partial charge < -0.3 is 15.1 Å². The molecule has 2 saturated heterocycles. The van der Waals surface area contributed by atoms with Crippen molar-refractivity contribution >= 4 is 5.91 Å². The van der Waals surface area contributed by atoms with Gasteiger partial charge in [0.2, 0.25) is 5.91 Å². The zero-order valence-corrected chi connectivity index (χ0v) is 14.0. The van der Waals surface area contributed by atoms with Gasteiger partial charge in [0.15, 0.2) is 0 Å². The molecule has 0 radical (unpaired) electrons. The number of β-amino-alcohol motifs (C(OH)–C–C–N with tert-alkyl or cyclic N) is 1. The number of carbonyl (C=O) groups excluding carboxylic acids is 1. The van der Waals surface area contributed by atoms with Crippen molar-refractivity contribution in [3.63, 3.8) is 0 Å². The predicted octanol–water partition coefficient (Wildman–Crippen LogP) is 0.678. The Labute approximate surface area is 142 Å². The summed E-state index contributed by atoms with van der Waals surface area (Å²) in [6, 6.07) is 10.2. The Morgan fingerprint density at radius 2 is 2.00 bits per heavy atom. The summed E-state index contributed by atoms with van der Waals surface area (Å²) in [6.07, 6.45) is 1.23. The molecule has 130 valence electrons. The van der Waals surface area contributed by atoms with Crippen LogP contribution in [-0.2, 0) is 4.79 Å². The molecule has 2 aliphatic heterocycles. The molecule has 1 aromatic rings. The first-order chi connectivity index (χ1) is 11.7. The van der Waals surface area contributed by atoms with Crippen LogP contribution in [0.1, 0.15) is 24.3 Å². The number of carbonyl (C=O) groups is 1. The molecular formula is C19H26N2O3. The molecule has 24 heavy (non-hydrogen) atoms. The SMILES string of the molecule is O=C1CCCN1CCN1C[C@H](O)[C@@]2(C1)[C@H](CO)[C@H]2c1ccccc1. The lowest BCUT2D eigenvalue weighted by molar-refractivity contribution is -0.127. The number of aliphatic hydroxyl groups is 2. The van der Waals surface area contributed by atoms with Crippen LogP contribution in [0.3, 0.4) is 0 Å². The Balaban J connectivity index is 1.43. The van der Waals surface area contributed by atoms with Crippen LogP contribution in [0.4, 0.5) is 0 Å². The average Bonchev–Trinajstić information content (AvgIpc) is 2.86. The minimum Gasteiger partial charge on any atom is -0.396 e. The van der Waals surface area contributed by atoms with E-state index < -0.39 is 6.10 Å². The number of benzene rings is 1. The Kier molecular flexibility index (Phi) is 4.11. The highest BCUT2D eigenvalue weighted by atomic mass is 16.3. The Hall–Kier alpha value is -1.43. The molecule has 3 fully saturated rings. The quantitative estimate of drug-likeness (QED) is 0.833. The molecule has 5 nitrogen and oxygen atoms in total. The number of amides is 1. The first-order valence-corrected chi connectivity index (χ1v) is 9.01. The molecule has 2 N–H and O–H groups in total. The second kappa shape index (κ2) is 6.14. The maximum atomic E-state index is 11.7. The lowest BCUT2D eigenvalue weighted by Gasteiger charge is -2.21. The fourth-order valence-corrected chi connectivity index (χ4v) is 5.03. The van der Waals surface area contributed by atoms with Gasteiger partial charge >= 0.3 is 0 Å². The highest BCUT2D eigenvalue weighted by Crippen LogP contribution is 2.68. The molecule has 1 amide bonds. The molecule has 3 aliphatic rings. The predicted molar refractivity (Wildman–Crippen MR) is 90.5 cm³/mol. The average molecular weight is 330 g/mol. The van der Waals surface area contributed by atoms with Gasteiger partial charge in [-0.25, -0.2) is 0 Å². The molecule has 0 aromatic heterocycles. The van der Waals surface area contributed by atoms with Crippen molar-refractivity contribution < 1.29 is 15.0 Å². The van der Waals surface area contributed by atoms with E-state index in [1.807, 2.05) is 23.1 Å². The van der Waals surface area contributed by atoms with E-state index in [1.54, 1.807) is 0 Å². The smallest absolute Gasteiger partial charge is 0.222 e. The van der Waals surface area contributed by atoms with Crippen LogP contribution in [0, 0.1) is 11.3 Å². The number of hydrogen-bond acceptors (Lipinski definition) is 4. The summed E-state index contributed by atoms with van der Waals surface area (Å²) in [5.41, 5.74) is 0.998. The number of nitrogens with zero attached hydrogens (tertiary/aromatic N) is 2. The summed E-state index contributed by atoms with van der Waals surface area (Å²) in [7, 11) is 0. The van der Waals surface area contributed by atoms with Gasteiger partial charge in [-0.1, -0.05) is 30.3 Å². The van der Waals surface area contributed by atoms with Gasteiger partial charge in [-0.3, -0.25) is 9.69 Å². The molecule has 2 heterocycles. The van der Waals surface area contributed by atoms with Crippen LogP contribution < -0.4 is 0 Å². The van der Waals surface area contributed by atoms with E-state index in [0.29, 0.717) is 13.0 Å². The van der Waals surface area contributed by atoms with Crippen molar-refractivity contribution in [2.24, 2.45) is 11.3 Å². The van der Waals surface area contributed by atoms with E-state index >= 15 is 0 Å². The van der Waals surface area contributed by atoms with Crippen LogP contribution in [0.25, 0.3) is 0 Å². The number of likely N-dealkylation sites (tertiary alicyclic amines) is 2. The second-order valence-corrected chi connectivity index (χ2v) is 7.53. The fraction of sp³-hybridized carbons (Fsp3) is 0.632. The van der Waals surface area contributed by atoms with Crippen LogP contribution in [0.2, 0.25) is 0 Å². The standard InChI is InChI=1S/C19H26N2O3/c22-12-15-18(14-5-2-1-3-6-14)19(15)13-20(11-16(19)23)9-10-21-8-4-7-17(21)24/h1-3,5-6,15-16,18,22-23H,4,7-13H2/t15-,16+,18-,19-/m1/s1. The fourth-order valence-electron chi connectivity index (χ4n) is 5.03. The van der Waals surface area contributed by atoms with Gasteiger partial charge in [0.1, 0.15) is 0 Å². The lowest BCUT2D eigenvalue weighted by atomic mass is 9.95. The normalized spacial score (nSPS) is 36.0. The minimum atomic E-state index is -0.408. The third-order valence-electron chi connectivity index (χ3n) is 6.32. The van der Waals surface area contributed by atoms with Gasteiger partial charge in [0, 0.05) is 51.2 Å². The van der Waals surface area contributed by atoms with Crippen molar-refractivity contribution in [1.82, 2.24) is 9.80 Å². The van der Waals surface area contributed by atoms with Gasteiger partial charge in [-0.05, 0) is 23.8 Å². The summed E-state index contributed by atoms with van der Waals surface area (Å²) in [5.74, 6) is 0.622. The first kappa shape index (κ1) is 16.1. The van der Waals surface area contributed by atoms with Crippen molar-refractivity contribution in [2.45, 2.75) is 24.9 Å². The summed E-state index contributed by atoms with van der Waals surface area (Å²) in [4.78, 5) is 15.9. The van der Waals surface area contributed by atoms with Gasteiger partial charge in [0.25, 0.3) is 0 Å². The Morgan fingerprint density at radius 3 is 2.67 bits per heavy atom. The summed E-state index contributed by atoms with van der Waals surface area (Å²) < 4.78 is 0. The topological polar surface area (TPSA) is 64.0 Å². The summed E-state index contributed by atoms with van der Waals surface area (Å²) in [6.45, 7) is 4.00. The number of aliphatic hydroxyl groups excluding tert-OH is 2. The van der Waals surface area contributed by atoms with Crippen LogP contribution in [0.5, 0.6) is 0 Å². The molecule has 5 heteroatoms. The van der Waals surface area contributed by atoms with Crippen molar-refractivity contribution in [3.8, 4) is 0 Å². The molecule has 4 rings (SSSR count). The monoisotopic (exact) mass is 330 g/mol. The molecule has 1 spiro atoms. The highest BCUT2D eigenvalue weighted by molar-refractivity contribution is 5.78. The second-order valence-electron chi connectivity index (χ2n) is 7.53. The molecule has 4 atom stereocenters. The zero-order valence-electron chi connectivity index (χ0n) is 14.0. The van der Waals surface area contributed by atoms with Gasteiger partial charge in [-0.15, -0.1) is 0 Å². The molecular weight excluding hydrogens is 304 g/mol. The number of hydrogen-bond donors (Lipinski definition) is 2. The van der Waals surface area contributed by atoms with E-state index in [-0.39, 0.29) is 29.8 Å². The molecule has 0 bridgehead atoms. The van der Waals surface area contributed by atoms with Crippen LogP contribution in [-0.4, -0.2) is 71.4 Å². The van der Waals surface area contributed by atoms with E-state index in [0.717, 1.165) is 32.6 Å². The van der Waals surface area contributed by atoms with E-state index in [9.17, 15) is 15.0 Å². The third kappa shape index (κ3) is 2.46. The Bertz CT molecular complexity index is 608. The maximum absolute atomic E-state index is 11.7. The van der Waals surface area contributed by atoms with Crippen LogP contribution >= 0.6 is 0 Å². The molecule has 0 unspecified atom stereocenters. The third-order valence-corrected chi connectivity index (χ3v) is 6.32. The Morgan fingerprint density at radius 1 is 1.21 bits per heavy atom. The summed E-state index contributed by atoms with van der Waals surface area (Å²) in [5, 5.41) is 20.6. The zero-order chi connectivity index (χ0) is 16.7. The van der Waals surface area contributed by atoms with Gasteiger partial charge in [-0.2, -0.15) is 0 Å². The first-order valence-electron chi connectivity index (χ1n) is 9.01. The summed E-state index contributed by atoms with van der Waals surface area (Å²) >= 11 is 0. The van der Waals surface area contributed by atoms with Crippen molar-refractivity contribution in [1.29, 1.82) is 0 Å². The molecule has 1 saturated carbocycles. The van der Waals surface area contributed by atoms with Crippen molar-refractivity contribution in [2.75, 3.05) is 39.3 Å². The van der Waals surface area contributed by atoms with E-state index in [2.05, 4.69) is 17.0 Å². The van der Waals surface area contributed by atoms with Gasteiger partial charge in [0.05, 0.1) is 6.10 Å². The molecule has 1 aliphatic carbocycles. The maximum Gasteiger partial charge on any atom is 0.222 e. The molecule has 1 aromatic carbocycles. The minimum absolute atomic E-state index is 0.120.